The van der Waals surface area contributed by atoms with Gasteiger partial charge in [-0.1, -0.05) is 59.6 Å². The molecule has 0 aliphatic carbocycles. The maximum atomic E-state index is 12.2. The molecule has 38 heavy (non-hydrogen) atoms. The molecule has 0 radical (unpaired) electrons. The highest BCUT2D eigenvalue weighted by atomic mass is 16.3. The fourth-order valence-electron chi connectivity index (χ4n) is 2.90. The number of rotatable bonds is 3. The van der Waals surface area contributed by atoms with Crippen molar-refractivity contribution < 1.29 is 9.90 Å². The van der Waals surface area contributed by atoms with Crippen LogP contribution in [-0.4, -0.2) is 10.9 Å². The highest BCUT2D eigenvalue weighted by molar-refractivity contribution is 5.96. The van der Waals surface area contributed by atoms with Crippen molar-refractivity contribution in [3.05, 3.63) is 28.8 Å². The first kappa shape index (κ1) is 30.8. The summed E-state index contributed by atoms with van der Waals surface area (Å²) in [6.07, 6.45) is 0.793. The molecule has 0 heterocycles. The van der Waals surface area contributed by atoms with E-state index < -0.39 is 0 Å². The van der Waals surface area contributed by atoms with Gasteiger partial charge in [0.15, 0.2) is 0 Å². The summed E-state index contributed by atoms with van der Waals surface area (Å²) in [6.45, 7) is 14.1. The fraction of sp³-hybridized carbons (Fsp3) is 0.306. The molecule has 1 aromatic rings. The van der Waals surface area contributed by atoms with E-state index in [2.05, 4.69) is 148 Å². The molecule has 2 heteroatoms. The van der Waals surface area contributed by atoms with Gasteiger partial charge in [-0.25, -0.2) is 0 Å². The molecule has 0 bridgehead atoms. The minimum absolute atomic E-state index is 0.211. The molecule has 184 valence electrons. The number of phenols is 1. The molecule has 0 saturated carbocycles. The lowest BCUT2D eigenvalue weighted by Crippen LogP contribution is -2.18. The van der Waals surface area contributed by atoms with Crippen LogP contribution in [0, 0.1) is 107 Å². The van der Waals surface area contributed by atoms with E-state index in [1.807, 2.05) is 12.1 Å². The second-order valence-electron chi connectivity index (χ2n) is 9.84. The van der Waals surface area contributed by atoms with Crippen LogP contribution < -0.4 is 0 Å². The third kappa shape index (κ3) is 12.4. The van der Waals surface area contributed by atoms with Gasteiger partial charge in [0.2, 0.25) is 5.78 Å². The zero-order valence-electron chi connectivity index (χ0n) is 22.9. The van der Waals surface area contributed by atoms with E-state index in [1.165, 1.54) is 0 Å². The standard InChI is InChI=1S/C36H28O2/c1-8-9-10-11-12-13-14-15-16-17-18-19-20-21-22-23-24-25-31(37)27-26-30-28-32(35(2,3)4)34(38)33(29-30)36(5,6)7/h28-29,38H,26-27H2,1-7H3. The molecule has 1 aromatic carbocycles. The minimum atomic E-state index is -0.222. The molecule has 0 atom stereocenters. The number of carbonyl (C=O) groups excluding carboxylic acids is 1. The summed E-state index contributed by atoms with van der Waals surface area (Å²) in [5, 5.41) is 10.8. The van der Waals surface area contributed by atoms with Gasteiger partial charge in [-0.15, -0.1) is 0 Å². The number of benzene rings is 1. The Bertz CT molecular complexity index is 1610. The number of hydrogen-bond acceptors (Lipinski definition) is 2. The number of hydrogen-bond donors (Lipinski definition) is 1. The lowest BCUT2D eigenvalue weighted by atomic mass is 9.78. The summed E-state index contributed by atoms with van der Waals surface area (Å²) in [5.74, 6) is 45.7. The summed E-state index contributed by atoms with van der Waals surface area (Å²) in [4.78, 5) is 12.2. The van der Waals surface area contributed by atoms with Gasteiger partial charge >= 0.3 is 0 Å². The predicted octanol–water partition coefficient (Wildman–Crippen LogP) is 4.54. The summed E-state index contributed by atoms with van der Waals surface area (Å²) in [5.41, 5.74) is 2.30. The van der Waals surface area contributed by atoms with Crippen LogP contribution in [0.4, 0.5) is 0 Å². The quantitative estimate of drug-likeness (QED) is 0.497. The Kier molecular flexibility index (Phi) is 12.7. The topological polar surface area (TPSA) is 37.3 Å². The van der Waals surface area contributed by atoms with Crippen LogP contribution >= 0.6 is 0 Å². The number of carbonyl (C=O) groups is 1. The number of phenolic OH excluding ortho intramolecular Hbond substituents is 1. The Morgan fingerprint density at radius 2 is 0.974 bits per heavy atom. The summed E-state index contributed by atoms with van der Waals surface area (Å²) in [6, 6.07) is 3.96. The van der Waals surface area contributed by atoms with Crippen LogP contribution in [0.25, 0.3) is 0 Å². The number of Topliss-reactive ketones (excluding diaryl/α,β-unsaturated/α-hetero) is 1. The van der Waals surface area contributed by atoms with Gasteiger partial charge < -0.3 is 5.11 Å². The molecule has 0 aliphatic heterocycles. The molecule has 0 unspecified atom stereocenters. The second-order valence-corrected chi connectivity index (χ2v) is 9.84. The average Bonchev–Trinajstić information content (AvgIpc) is 2.83. The third-order valence-electron chi connectivity index (χ3n) is 4.69. The van der Waals surface area contributed by atoms with Gasteiger partial charge in [0.1, 0.15) is 5.75 Å². The van der Waals surface area contributed by atoms with E-state index in [0.717, 1.165) is 16.7 Å². The fourth-order valence-corrected chi connectivity index (χ4v) is 2.90. The largest absolute Gasteiger partial charge is 0.507 e. The van der Waals surface area contributed by atoms with Crippen molar-refractivity contribution in [2.24, 2.45) is 0 Å². The van der Waals surface area contributed by atoms with Crippen molar-refractivity contribution >= 4 is 5.78 Å². The average molecular weight is 493 g/mol. The van der Waals surface area contributed by atoms with Gasteiger partial charge in [0, 0.05) is 6.42 Å². The van der Waals surface area contributed by atoms with Crippen LogP contribution in [0.5, 0.6) is 5.75 Å². The molecule has 1 rings (SSSR count). The second kappa shape index (κ2) is 15.7. The van der Waals surface area contributed by atoms with Crippen molar-refractivity contribution in [2.45, 2.75) is 72.1 Å². The first-order chi connectivity index (χ1) is 18.0. The van der Waals surface area contributed by atoms with E-state index in [9.17, 15) is 9.90 Å². The Balaban J connectivity index is 2.72. The monoisotopic (exact) mass is 492 g/mol. The molecule has 0 saturated heterocycles. The van der Waals surface area contributed by atoms with Crippen LogP contribution in [0.1, 0.15) is 71.6 Å². The van der Waals surface area contributed by atoms with Gasteiger partial charge in [0.25, 0.3) is 0 Å². The molecule has 1 N–H and O–H groups in total. The molecule has 0 aromatic heterocycles. The van der Waals surface area contributed by atoms with Gasteiger partial charge in [0.05, 0.1) is 0 Å². The Morgan fingerprint density at radius 1 is 0.632 bits per heavy atom. The Morgan fingerprint density at radius 3 is 1.32 bits per heavy atom. The lowest BCUT2D eigenvalue weighted by Gasteiger charge is -2.28. The lowest BCUT2D eigenvalue weighted by molar-refractivity contribution is -0.113. The molecule has 0 spiro atoms. The van der Waals surface area contributed by atoms with Gasteiger partial charge in [-0.05, 0) is 142 Å². The Labute approximate surface area is 228 Å². The molecule has 0 amide bonds. The van der Waals surface area contributed by atoms with Crippen molar-refractivity contribution in [3.63, 3.8) is 0 Å². The van der Waals surface area contributed by atoms with Crippen molar-refractivity contribution in [2.75, 3.05) is 0 Å². The van der Waals surface area contributed by atoms with E-state index >= 15 is 0 Å². The van der Waals surface area contributed by atoms with Crippen LogP contribution in [0.3, 0.4) is 0 Å². The molecule has 0 aliphatic rings. The maximum Gasteiger partial charge on any atom is 0.206 e. The maximum absolute atomic E-state index is 12.2. The number of aromatic hydroxyl groups is 1. The van der Waals surface area contributed by atoms with E-state index in [1.54, 1.807) is 6.92 Å². The van der Waals surface area contributed by atoms with Crippen molar-refractivity contribution in [1.29, 1.82) is 0 Å². The highest BCUT2D eigenvalue weighted by Crippen LogP contribution is 2.39. The van der Waals surface area contributed by atoms with E-state index in [4.69, 9.17) is 0 Å². The number of aryl methyl sites for hydroxylation is 1. The van der Waals surface area contributed by atoms with Crippen LogP contribution in [0.15, 0.2) is 12.1 Å². The third-order valence-corrected chi connectivity index (χ3v) is 4.69. The molecular formula is C36H28O2. The van der Waals surface area contributed by atoms with Crippen molar-refractivity contribution in [1.82, 2.24) is 0 Å². The molecule has 0 fully saturated rings. The zero-order valence-corrected chi connectivity index (χ0v) is 22.9. The zero-order chi connectivity index (χ0) is 28.4. The SMILES string of the molecule is CC#CC#CC#CC#CC#CC#CC#CC#CC#CC(=O)CCc1cc(C(C)(C)C)c(O)c(C(C)(C)C)c1. The predicted molar refractivity (Wildman–Crippen MR) is 154 cm³/mol. The minimum Gasteiger partial charge on any atom is -0.507 e. The van der Waals surface area contributed by atoms with Crippen molar-refractivity contribution in [3.8, 4) is 112 Å². The van der Waals surface area contributed by atoms with E-state index in [0.29, 0.717) is 12.2 Å². The smallest absolute Gasteiger partial charge is 0.206 e. The van der Waals surface area contributed by atoms with Gasteiger partial charge in [-0.3, -0.25) is 4.79 Å². The van der Waals surface area contributed by atoms with E-state index in [-0.39, 0.29) is 23.0 Å². The summed E-state index contributed by atoms with van der Waals surface area (Å²) >= 11 is 0. The summed E-state index contributed by atoms with van der Waals surface area (Å²) < 4.78 is 0. The highest BCUT2D eigenvalue weighted by Gasteiger charge is 2.26. The van der Waals surface area contributed by atoms with Crippen LogP contribution in [0.2, 0.25) is 0 Å². The van der Waals surface area contributed by atoms with Gasteiger partial charge in [-0.2, -0.15) is 0 Å². The first-order valence-electron chi connectivity index (χ1n) is 11.8. The Hall–Kier alpha value is -5.27. The molecule has 2 nitrogen and oxygen atoms in total. The molecular weight excluding hydrogens is 464 g/mol. The first-order valence-corrected chi connectivity index (χ1v) is 11.8. The normalized spacial score (nSPS) is 8.50. The number of ketones is 1. The summed E-state index contributed by atoms with van der Waals surface area (Å²) in [7, 11) is 0. The van der Waals surface area contributed by atoms with Crippen LogP contribution in [-0.2, 0) is 22.0 Å².